The van der Waals surface area contributed by atoms with Crippen molar-refractivity contribution in [2.75, 3.05) is 26.2 Å². The van der Waals surface area contributed by atoms with E-state index in [0.717, 1.165) is 49.5 Å². The summed E-state index contributed by atoms with van der Waals surface area (Å²) in [5, 5.41) is 10.5. The molecule has 5 heteroatoms. The fourth-order valence-electron chi connectivity index (χ4n) is 4.65. The summed E-state index contributed by atoms with van der Waals surface area (Å²) in [6.07, 6.45) is 3.18. The van der Waals surface area contributed by atoms with E-state index in [1.165, 1.54) is 0 Å². The molecule has 0 radical (unpaired) electrons. The molecular formula is C23H28N2O3. The minimum Gasteiger partial charge on any atom is -0.491 e. The zero-order valence-corrected chi connectivity index (χ0v) is 16.2. The summed E-state index contributed by atoms with van der Waals surface area (Å²) in [5.74, 6) is 1.64. The number of pyridine rings is 1. The van der Waals surface area contributed by atoms with Crippen molar-refractivity contribution in [2.24, 2.45) is 5.92 Å². The summed E-state index contributed by atoms with van der Waals surface area (Å²) in [5.41, 5.74) is 2.32. The maximum absolute atomic E-state index is 12.1. The Bertz CT molecular complexity index is 891. The molecule has 3 unspecified atom stereocenters. The molecule has 1 fully saturated rings. The normalized spacial score (nSPS) is 22.3. The third-order valence-corrected chi connectivity index (χ3v) is 5.79. The molecule has 0 amide bonds. The van der Waals surface area contributed by atoms with E-state index in [9.17, 15) is 9.90 Å². The molecular weight excluding hydrogens is 352 g/mol. The van der Waals surface area contributed by atoms with Gasteiger partial charge in [-0.25, -0.2) is 0 Å². The van der Waals surface area contributed by atoms with Crippen molar-refractivity contribution in [3.63, 3.8) is 0 Å². The predicted molar refractivity (Wildman–Crippen MR) is 110 cm³/mol. The van der Waals surface area contributed by atoms with Crippen LogP contribution in [0.4, 0.5) is 0 Å². The fraction of sp³-hybridized carbons (Fsp3) is 0.435. The Morgan fingerprint density at radius 3 is 2.89 bits per heavy atom. The highest BCUT2D eigenvalue weighted by Crippen LogP contribution is 2.34. The summed E-state index contributed by atoms with van der Waals surface area (Å²) in [6, 6.07) is 13.5. The number of piperidine rings is 1. The number of rotatable bonds is 7. The minimum absolute atomic E-state index is 0.104. The Labute approximate surface area is 165 Å². The van der Waals surface area contributed by atoms with Crippen LogP contribution in [0.5, 0.6) is 5.75 Å². The van der Waals surface area contributed by atoms with E-state index >= 15 is 0 Å². The molecule has 2 aliphatic rings. The molecule has 2 aromatic rings. The molecule has 28 heavy (non-hydrogen) atoms. The lowest BCUT2D eigenvalue weighted by atomic mass is 9.83. The van der Waals surface area contributed by atoms with Crippen LogP contribution in [0, 0.1) is 5.92 Å². The van der Waals surface area contributed by atoms with Gasteiger partial charge in [0, 0.05) is 43.9 Å². The van der Waals surface area contributed by atoms with E-state index in [2.05, 4.69) is 17.5 Å². The third-order valence-electron chi connectivity index (χ3n) is 5.79. The lowest BCUT2D eigenvalue weighted by molar-refractivity contribution is 0.0382. The Morgan fingerprint density at radius 2 is 2.04 bits per heavy atom. The fourth-order valence-corrected chi connectivity index (χ4v) is 4.65. The zero-order valence-electron chi connectivity index (χ0n) is 16.2. The number of fused-ring (bicyclic) bond motifs is 4. The number of ether oxygens (including phenoxy) is 1. The van der Waals surface area contributed by atoms with Gasteiger partial charge in [0.1, 0.15) is 18.5 Å². The van der Waals surface area contributed by atoms with Crippen molar-refractivity contribution >= 4 is 0 Å². The summed E-state index contributed by atoms with van der Waals surface area (Å²) in [4.78, 5) is 14.5. The molecule has 1 N–H and O–H groups in total. The van der Waals surface area contributed by atoms with Crippen molar-refractivity contribution in [1.82, 2.24) is 9.47 Å². The molecule has 0 spiro atoms. The molecule has 1 aromatic carbocycles. The molecule has 148 valence electrons. The number of nitrogens with zero attached hydrogens (tertiary/aromatic N) is 2. The van der Waals surface area contributed by atoms with Crippen molar-refractivity contribution in [3.8, 4) is 5.75 Å². The van der Waals surface area contributed by atoms with Gasteiger partial charge >= 0.3 is 0 Å². The predicted octanol–water partition coefficient (Wildman–Crippen LogP) is 2.44. The monoisotopic (exact) mass is 380 g/mol. The first-order valence-electron chi connectivity index (χ1n) is 10.1. The first-order valence-corrected chi connectivity index (χ1v) is 10.1. The Kier molecular flexibility index (Phi) is 5.64. The van der Waals surface area contributed by atoms with Crippen LogP contribution in [-0.4, -0.2) is 46.9 Å². The summed E-state index contributed by atoms with van der Waals surface area (Å²) >= 11 is 0. The molecule has 2 aliphatic heterocycles. The first kappa shape index (κ1) is 19.0. The van der Waals surface area contributed by atoms with Gasteiger partial charge in [-0.2, -0.15) is 0 Å². The van der Waals surface area contributed by atoms with Gasteiger partial charge < -0.3 is 14.4 Å². The second kappa shape index (κ2) is 8.33. The number of para-hydroxylation sites is 1. The number of hydrogen-bond donors (Lipinski definition) is 1. The first-order chi connectivity index (χ1) is 13.6. The molecule has 3 heterocycles. The number of aliphatic hydroxyl groups is 1. The van der Waals surface area contributed by atoms with Crippen LogP contribution in [0.15, 0.2) is 59.9 Å². The van der Waals surface area contributed by atoms with Gasteiger partial charge in [0.2, 0.25) is 0 Å². The topological polar surface area (TPSA) is 54.7 Å². The van der Waals surface area contributed by atoms with Crippen LogP contribution < -0.4 is 10.3 Å². The van der Waals surface area contributed by atoms with Gasteiger partial charge in [0.15, 0.2) is 0 Å². The van der Waals surface area contributed by atoms with E-state index in [0.29, 0.717) is 18.4 Å². The molecule has 5 nitrogen and oxygen atoms in total. The van der Waals surface area contributed by atoms with Crippen LogP contribution in [0.2, 0.25) is 0 Å². The van der Waals surface area contributed by atoms with E-state index in [1.807, 2.05) is 41.0 Å². The largest absolute Gasteiger partial charge is 0.491 e. The molecule has 2 bridgehead atoms. The van der Waals surface area contributed by atoms with Crippen LogP contribution in [0.3, 0.4) is 0 Å². The summed E-state index contributed by atoms with van der Waals surface area (Å²) in [7, 11) is 0. The van der Waals surface area contributed by atoms with Crippen molar-refractivity contribution in [2.45, 2.75) is 31.4 Å². The van der Waals surface area contributed by atoms with E-state index in [-0.39, 0.29) is 12.2 Å². The Morgan fingerprint density at radius 1 is 1.18 bits per heavy atom. The molecule has 1 saturated heterocycles. The number of allylic oxidation sites excluding steroid dienone is 1. The van der Waals surface area contributed by atoms with Crippen molar-refractivity contribution in [3.05, 3.63) is 76.7 Å². The number of β-amino-alcohol motifs (C(OH)–C–C–N with tert-alkyl or cyclic N) is 1. The summed E-state index contributed by atoms with van der Waals surface area (Å²) in [6.45, 7) is 7.23. The van der Waals surface area contributed by atoms with Crippen LogP contribution in [-0.2, 0) is 13.0 Å². The average Bonchev–Trinajstić information content (AvgIpc) is 2.68. The number of likely N-dealkylation sites (tertiary alicyclic amines) is 1. The Balaban J connectivity index is 1.36. The number of aliphatic hydroxyl groups excluding tert-OH is 1. The lowest BCUT2D eigenvalue weighted by Gasteiger charge is -2.43. The number of benzene rings is 1. The number of hydrogen-bond acceptors (Lipinski definition) is 4. The Hall–Kier alpha value is -2.37. The maximum atomic E-state index is 12.1. The minimum atomic E-state index is -0.548. The van der Waals surface area contributed by atoms with Gasteiger partial charge in [-0.15, -0.1) is 6.58 Å². The highest BCUT2D eigenvalue weighted by molar-refractivity contribution is 5.34. The molecule has 3 atom stereocenters. The van der Waals surface area contributed by atoms with Crippen molar-refractivity contribution < 1.29 is 9.84 Å². The molecule has 0 saturated carbocycles. The van der Waals surface area contributed by atoms with Gasteiger partial charge in [0.05, 0.1) is 0 Å². The van der Waals surface area contributed by atoms with Gasteiger partial charge in [-0.3, -0.25) is 9.69 Å². The molecule has 0 aliphatic carbocycles. The summed E-state index contributed by atoms with van der Waals surface area (Å²) < 4.78 is 7.83. The number of aromatic nitrogens is 1. The SMILES string of the molecule is C=CCc1ccccc1OCC(O)CN1CC2CC(C1)c1cccc(=O)n1C2. The second-order valence-electron chi connectivity index (χ2n) is 7.98. The van der Waals surface area contributed by atoms with Crippen LogP contribution >= 0.6 is 0 Å². The average molecular weight is 380 g/mol. The lowest BCUT2D eigenvalue weighted by Crippen LogP contribution is -2.49. The molecule has 1 aromatic heterocycles. The van der Waals surface area contributed by atoms with Crippen LogP contribution in [0.25, 0.3) is 0 Å². The highest BCUT2D eigenvalue weighted by atomic mass is 16.5. The van der Waals surface area contributed by atoms with Gasteiger partial charge in [0.25, 0.3) is 5.56 Å². The highest BCUT2D eigenvalue weighted by Gasteiger charge is 2.34. The standard InChI is InChI=1S/C23H28N2O3/c1-2-6-18-7-3-4-9-22(18)28-16-20(26)15-24-12-17-11-19(14-24)21-8-5-10-23(27)25(21)13-17/h2-5,7-10,17,19-20,26H,1,6,11-16H2. The van der Waals surface area contributed by atoms with E-state index < -0.39 is 6.10 Å². The van der Waals surface area contributed by atoms with Gasteiger partial charge in [-0.1, -0.05) is 30.3 Å². The maximum Gasteiger partial charge on any atom is 0.250 e. The zero-order chi connectivity index (χ0) is 19.5. The smallest absolute Gasteiger partial charge is 0.250 e. The quantitative estimate of drug-likeness (QED) is 0.750. The van der Waals surface area contributed by atoms with Gasteiger partial charge in [-0.05, 0) is 36.5 Å². The molecule has 4 rings (SSSR count). The second-order valence-corrected chi connectivity index (χ2v) is 7.98. The van der Waals surface area contributed by atoms with Crippen molar-refractivity contribution in [1.29, 1.82) is 0 Å². The van der Waals surface area contributed by atoms with Crippen LogP contribution in [0.1, 0.15) is 23.6 Å². The third kappa shape index (κ3) is 4.05. The van der Waals surface area contributed by atoms with E-state index in [1.54, 1.807) is 6.07 Å². The van der Waals surface area contributed by atoms with E-state index in [4.69, 9.17) is 4.74 Å².